The highest BCUT2D eigenvalue weighted by Gasteiger charge is 2.34. The summed E-state index contributed by atoms with van der Waals surface area (Å²) < 4.78 is 48.4. The molecule has 0 saturated heterocycles. The second kappa shape index (κ2) is 13.2. The van der Waals surface area contributed by atoms with Crippen molar-refractivity contribution < 1.29 is 27.1 Å². The quantitative estimate of drug-likeness (QED) is 0.358. The summed E-state index contributed by atoms with van der Waals surface area (Å²) in [6, 6.07) is 18.9. The Morgan fingerprint density at radius 1 is 0.974 bits per heavy atom. The van der Waals surface area contributed by atoms with E-state index >= 15 is 0 Å². The highest BCUT2D eigenvalue weighted by Crippen LogP contribution is 2.27. The van der Waals surface area contributed by atoms with Crippen LogP contribution in [0.3, 0.4) is 0 Å². The average molecular weight is 556 g/mol. The lowest BCUT2D eigenvalue weighted by Crippen LogP contribution is -2.53. The molecule has 0 unspecified atom stereocenters. The van der Waals surface area contributed by atoms with Gasteiger partial charge in [0.05, 0.1) is 17.7 Å². The Bertz CT molecular complexity index is 1380. The minimum atomic E-state index is -4.34. The van der Waals surface area contributed by atoms with Gasteiger partial charge in [0.2, 0.25) is 11.8 Å². The minimum Gasteiger partial charge on any atom is -0.497 e. The fraction of sp³-hybridized carbons (Fsp3) is 0.310. The van der Waals surface area contributed by atoms with E-state index in [1.54, 1.807) is 49.4 Å². The van der Waals surface area contributed by atoms with Crippen LogP contribution in [0.25, 0.3) is 0 Å². The van der Waals surface area contributed by atoms with Crippen LogP contribution < -0.4 is 14.4 Å². The number of rotatable bonds is 12. The number of nitrogens with zero attached hydrogens (tertiary/aromatic N) is 2. The van der Waals surface area contributed by atoms with Crippen LogP contribution in [0.15, 0.2) is 83.8 Å². The number of nitrogens with one attached hydrogen (secondary N) is 1. The molecule has 3 aromatic rings. The number of halogens is 1. The third-order valence-electron chi connectivity index (χ3n) is 6.04. The zero-order chi connectivity index (χ0) is 28.6. The molecular weight excluding hydrogens is 521 g/mol. The monoisotopic (exact) mass is 555 g/mol. The molecule has 0 aliphatic heterocycles. The van der Waals surface area contributed by atoms with Gasteiger partial charge in [0, 0.05) is 12.6 Å². The standard InChI is InChI=1S/C29H34FN3O5S/c1-5-26(29(35)31-21(2)3)32(19-22-12-11-13-23(18-22)38-4)28(34)20-33(27-17-10-9-16-25(27)30)39(36,37)24-14-7-6-8-15-24/h6-18,21,26H,5,19-20H2,1-4H3,(H,31,35)/t26-/m0/s1. The van der Waals surface area contributed by atoms with Gasteiger partial charge in [-0.2, -0.15) is 0 Å². The number of sulfonamides is 1. The summed E-state index contributed by atoms with van der Waals surface area (Å²) in [5.41, 5.74) is 0.414. The van der Waals surface area contributed by atoms with E-state index in [-0.39, 0.29) is 35.5 Å². The van der Waals surface area contributed by atoms with E-state index in [0.29, 0.717) is 11.3 Å². The number of anilines is 1. The lowest BCUT2D eigenvalue weighted by Gasteiger charge is -2.33. The van der Waals surface area contributed by atoms with E-state index in [1.807, 2.05) is 13.8 Å². The Kier molecular flexibility index (Phi) is 10.1. The first kappa shape index (κ1) is 29.6. The highest BCUT2D eigenvalue weighted by molar-refractivity contribution is 7.92. The van der Waals surface area contributed by atoms with Crippen LogP contribution in [0.1, 0.15) is 32.8 Å². The number of para-hydroxylation sites is 1. The van der Waals surface area contributed by atoms with Crippen LogP contribution in [0, 0.1) is 5.82 Å². The number of benzene rings is 3. The van der Waals surface area contributed by atoms with Crippen molar-refractivity contribution in [2.45, 2.75) is 50.7 Å². The fourth-order valence-corrected chi connectivity index (χ4v) is 5.60. The summed E-state index contributed by atoms with van der Waals surface area (Å²) in [6.45, 7) is 4.69. The van der Waals surface area contributed by atoms with Gasteiger partial charge in [-0.05, 0) is 62.2 Å². The van der Waals surface area contributed by atoms with E-state index in [0.717, 1.165) is 10.4 Å². The normalized spacial score (nSPS) is 12.1. The molecule has 0 radical (unpaired) electrons. The molecule has 10 heteroatoms. The summed E-state index contributed by atoms with van der Waals surface area (Å²) in [6.07, 6.45) is 0.277. The fourth-order valence-electron chi connectivity index (χ4n) is 4.15. The summed E-state index contributed by atoms with van der Waals surface area (Å²) in [4.78, 5) is 28.3. The number of ether oxygens (including phenoxy) is 1. The Morgan fingerprint density at radius 2 is 1.64 bits per heavy atom. The van der Waals surface area contributed by atoms with Crippen molar-refractivity contribution >= 4 is 27.5 Å². The number of carbonyl (C=O) groups is 2. The summed E-state index contributed by atoms with van der Waals surface area (Å²) >= 11 is 0. The SMILES string of the molecule is CC[C@@H](C(=O)NC(C)C)N(Cc1cccc(OC)c1)C(=O)CN(c1ccccc1F)S(=O)(=O)c1ccccc1. The molecule has 1 N–H and O–H groups in total. The maximum atomic E-state index is 15.0. The summed E-state index contributed by atoms with van der Waals surface area (Å²) in [5.74, 6) is -1.26. The van der Waals surface area contributed by atoms with Gasteiger partial charge in [0.15, 0.2) is 0 Å². The van der Waals surface area contributed by atoms with Crippen LogP contribution in [-0.2, 0) is 26.2 Å². The molecule has 39 heavy (non-hydrogen) atoms. The average Bonchev–Trinajstić information content (AvgIpc) is 2.92. The van der Waals surface area contributed by atoms with Gasteiger partial charge in [-0.15, -0.1) is 0 Å². The van der Waals surface area contributed by atoms with E-state index in [9.17, 15) is 22.4 Å². The smallest absolute Gasteiger partial charge is 0.264 e. The second-order valence-corrected chi connectivity index (χ2v) is 11.1. The topological polar surface area (TPSA) is 96.0 Å². The molecule has 1 atom stereocenters. The van der Waals surface area contributed by atoms with Crippen molar-refractivity contribution in [3.63, 3.8) is 0 Å². The highest BCUT2D eigenvalue weighted by atomic mass is 32.2. The molecule has 0 heterocycles. The van der Waals surface area contributed by atoms with Gasteiger partial charge >= 0.3 is 0 Å². The molecule has 3 aromatic carbocycles. The molecule has 0 aliphatic rings. The van der Waals surface area contributed by atoms with Crippen molar-refractivity contribution in [1.82, 2.24) is 10.2 Å². The maximum absolute atomic E-state index is 15.0. The summed E-state index contributed by atoms with van der Waals surface area (Å²) in [5, 5.41) is 2.84. The third-order valence-corrected chi connectivity index (χ3v) is 7.81. The number of amides is 2. The summed E-state index contributed by atoms with van der Waals surface area (Å²) in [7, 11) is -2.81. The Hall–Kier alpha value is -3.92. The van der Waals surface area contributed by atoms with Gasteiger partial charge in [-0.1, -0.05) is 49.4 Å². The van der Waals surface area contributed by atoms with Gasteiger partial charge in [-0.25, -0.2) is 12.8 Å². The van der Waals surface area contributed by atoms with E-state index in [1.165, 1.54) is 42.3 Å². The first-order valence-corrected chi connectivity index (χ1v) is 14.1. The van der Waals surface area contributed by atoms with E-state index in [4.69, 9.17) is 4.74 Å². The molecule has 208 valence electrons. The van der Waals surface area contributed by atoms with E-state index in [2.05, 4.69) is 5.32 Å². The first-order chi connectivity index (χ1) is 18.6. The zero-order valence-corrected chi connectivity index (χ0v) is 23.3. The molecule has 3 rings (SSSR count). The largest absolute Gasteiger partial charge is 0.497 e. The second-order valence-electron chi connectivity index (χ2n) is 9.24. The Morgan fingerprint density at radius 3 is 2.26 bits per heavy atom. The van der Waals surface area contributed by atoms with Crippen molar-refractivity contribution in [3.05, 3.63) is 90.2 Å². The number of carbonyl (C=O) groups excluding carboxylic acids is 2. The Balaban J connectivity index is 2.07. The predicted molar refractivity (Wildman–Crippen MR) is 148 cm³/mol. The molecule has 0 aromatic heterocycles. The number of hydrogen-bond donors (Lipinski definition) is 1. The van der Waals surface area contributed by atoms with Crippen LogP contribution in [0.5, 0.6) is 5.75 Å². The van der Waals surface area contributed by atoms with Crippen molar-refractivity contribution in [2.24, 2.45) is 0 Å². The van der Waals surface area contributed by atoms with Crippen LogP contribution in [0.4, 0.5) is 10.1 Å². The third kappa shape index (κ3) is 7.35. The van der Waals surface area contributed by atoms with Gasteiger partial charge in [-0.3, -0.25) is 13.9 Å². The van der Waals surface area contributed by atoms with Crippen LogP contribution >= 0.6 is 0 Å². The molecular formula is C29H34FN3O5S. The Labute approximate surface area is 229 Å². The van der Waals surface area contributed by atoms with Crippen LogP contribution in [0.2, 0.25) is 0 Å². The van der Waals surface area contributed by atoms with Gasteiger partial charge in [0.1, 0.15) is 24.2 Å². The molecule has 0 saturated carbocycles. The lowest BCUT2D eigenvalue weighted by atomic mass is 10.1. The zero-order valence-electron chi connectivity index (χ0n) is 22.5. The van der Waals surface area contributed by atoms with Crippen LogP contribution in [-0.4, -0.2) is 50.9 Å². The minimum absolute atomic E-state index is 0.0105. The van der Waals surface area contributed by atoms with Gasteiger partial charge in [0.25, 0.3) is 10.0 Å². The maximum Gasteiger partial charge on any atom is 0.264 e. The molecule has 0 fully saturated rings. The molecule has 8 nitrogen and oxygen atoms in total. The van der Waals surface area contributed by atoms with Crippen molar-refractivity contribution in [3.8, 4) is 5.75 Å². The lowest BCUT2D eigenvalue weighted by molar-refractivity contribution is -0.140. The molecule has 0 spiro atoms. The predicted octanol–water partition coefficient (Wildman–Crippen LogP) is 4.36. The van der Waals surface area contributed by atoms with Gasteiger partial charge < -0.3 is 15.0 Å². The number of methoxy groups -OCH3 is 1. The number of hydrogen-bond acceptors (Lipinski definition) is 5. The van der Waals surface area contributed by atoms with E-state index < -0.39 is 34.3 Å². The molecule has 2 amide bonds. The molecule has 0 aliphatic carbocycles. The van der Waals surface area contributed by atoms with Crippen molar-refractivity contribution in [1.29, 1.82) is 0 Å². The van der Waals surface area contributed by atoms with Crippen molar-refractivity contribution in [2.75, 3.05) is 18.0 Å². The first-order valence-electron chi connectivity index (χ1n) is 12.6. The molecule has 0 bridgehead atoms.